The number of nitrogens with one attached hydrogen (secondary N) is 1. The van der Waals surface area contributed by atoms with Crippen molar-refractivity contribution in [1.29, 1.82) is 5.26 Å². The molecule has 132 valence electrons. The monoisotopic (exact) mass is 350 g/mol. The molecule has 26 heavy (non-hydrogen) atoms. The number of benzene rings is 2. The second kappa shape index (κ2) is 7.40. The summed E-state index contributed by atoms with van der Waals surface area (Å²) < 4.78 is 18.4. The summed E-state index contributed by atoms with van der Waals surface area (Å²) in [4.78, 5) is 14.8. The second-order valence-electron chi connectivity index (χ2n) is 6.24. The first kappa shape index (κ1) is 17.7. The Kier molecular flexibility index (Phi) is 5.04. The first-order chi connectivity index (χ1) is 12.5. The zero-order valence-corrected chi connectivity index (χ0v) is 14.7. The number of nitriles is 1. The van der Waals surface area contributed by atoms with E-state index in [0.29, 0.717) is 30.4 Å². The van der Waals surface area contributed by atoms with Crippen LogP contribution < -0.4 is 0 Å². The second-order valence-corrected chi connectivity index (χ2v) is 6.24. The minimum atomic E-state index is -0.248. The number of hydrogen-bond acceptors (Lipinski definition) is 3. The summed E-state index contributed by atoms with van der Waals surface area (Å²) in [5.41, 5.74) is 4.85. The van der Waals surface area contributed by atoms with Gasteiger partial charge in [0.2, 0.25) is 0 Å². The molecule has 0 aliphatic carbocycles. The number of aryl methyl sites for hydroxylation is 2. The lowest BCUT2D eigenvalue weighted by molar-refractivity contribution is -0.140. The van der Waals surface area contributed by atoms with Crippen molar-refractivity contribution >= 4 is 16.9 Å². The number of carbonyl (C=O) groups is 1. The summed E-state index contributed by atoms with van der Waals surface area (Å²) in [6.07, 6.45) is 1.60. The van der Waals surface area contributed by atoms with Crippen LogP contribution in [0.1, 0.15) is 29.5 Å². The Morgan fingerprint density at radius 1 is 1.27 bits per heavy atom. The highest BCUT2D eigenvalue weighted by Gasteiger charge is 2.15. The number of carbonyl (C=O) groups excluding carboxylic acids is 1. The molecule has 0 aliphatic heterocycles. The first-order valence-corrected chi connectivity index (χ1v) is 8.41. The van der Waals surface area contributed by atoms with Crippen molar-refractivity contribution < 1.29 is 13.9 Å². The molecule has 2 aromatic carbocycles. The zero-order valence-electron chi connectivity index (χ0n) is 14.7. The van der Waals surface area contributed by atoms with Gasteiger partial charge in [-0.05, 0) is 72.9 Å². The predicted molar refractivity (Wildman–Crippen MR) is 98.1 cm³/mol. The fourth-order valence-corrected chi connectivity index (χ4v) is 3.14. The smallest absolute Gasteiger partial charge is 0.305 e. The number of aromatic nitrogens is 1. The predicted octanol–water partition coefficient (Wildman–Crippen LogP) is 4.65. The lowest BCUT2D eigenvalue weighted by Gasteiger charge is -2.07. The molecule has 3 rings (SSSR count). The van der Waals surface area contributed by atoms with Crippen LogP contribution in [0.2, 0.25) is 0 Å². The summed E-state index contributed by atoms with van der Waals surface area (Å²) in [5.74, 6) is -0.495. The Balaban J connectivity index is 2.08. The number of hydrogen-bond donors (Lipinski definition) is 1. The van der Waals surface area contributed by atoms with Crippen LogP contribution in [0.5, 0.6) is 0 Å². The van der Waals surface area contributed by atoms with E-state index in [1.807, 2.05) is 12.1 Å². The molecule has 0 bridgehead atoms. The van der Waals surface area contributed by atoms with Gasteiger partial charge in [-0.1, -0.05) is 0 Å². The molecule has 3 aromatic rings. The van der Waals surface area contributed by atoms with Crippen LogP contribution in [-0.4, -0.2) is 18.1 Å². The van der Waals surface area contributed by atoms with Crippen molar-refractivity contribution in [2.45, 2.75) is 26.2 Å². The summed E-state index contributed by atoms with van der Waals surface area (Å²) in [6.45, 7) is 1.73. The largest absolute Gasteiger partial charge is 0.469 e. The van der Waals surface area contributed by atoms with Crippen molar-refractivity contribution in [2.24, 2.45) is 0 Å². The molecular formula is C21H19FN2O2. The highest BCUT2D eigenvalue weighted by molar-refractivity contribution is 5.91. The maximum Gasteiger partial charge on any atom is 0.305 e. The van der Waals surface area contributed by atoms with Crippen LogP contribution in [0, 0.1) is 24.1 Å². The number of nitrogens with zero attached hydrogens (tertiary/aromatic N) is 1. The maximum atomic E-state index is 13.7. The van der Waals surface area contributed by atoms with Gasteiger partial charge in [0.25, 0.3) is 0 Å². The van der Waals surface area contributed by atoms with E-state index < -0.39 is 0 Å². The molecule has 1 aromatic heterocycles. The van der Waals surface area contributed by atoms with Gasteiger partial charge in [-0.25, -0.2) is 4.39 Å². The topological polar surface area (TPSA) is 65.9 Å². The Morgan fingerprint density at radius 2 is 2.08 bits per heavy atom. The molecular weight excluding hydrogens is 331 g/mol. The van der Waals surface area contributed by atoms with E-state index in [4.69, 9.17) is 4.74 Å². The number of esters is 1. The van der Waals surface area contributed by atoms with Gasteiger partial charge >= 0.3 is 5.97 Å². The van der Waals surface area contributed by atoms with Gasteiger partial charge in [0.05, 0.1) is 18.7 Å². The van der Waals surface area contributed by atoms with Gasteiger partial charge in [0, 0.05) is 23.0 Å². The lowest BCUT2D eigenvalue weighted by Crippen LogP contribution is -2.01. The average Bonchev–Trinajstić information content (AvgIpc) is 3.01. The highest BCUT2D eigenvalue weighted by Crippen LogP contribution is 2.33. The minimum absolute atomic E-state index is 0.246. The van der Waals surface area contributed by atoms with E-state index in [9.17, 15) is 14.4 Å². The average molecular weight is 350 g/mol. The van der Waals surface area contributed by atoms with Crippen LogP contribution >= 0.6 is 0 Å². The molecule has 0 spiro atoms. The third kappa shape index (κ3) is 3.45. The number of aromatic amines is 1. The van der Waals surface area contributed by atoms with Gasteiger partial charge in [0.15, 0.2) is 0 Å². The van der Waals surface area contributed by atoms with Crippen LogP contribution in [0.4, 0.5) is 4.39 Å². The molecule has 0 saturated carbocycles. The number of H-pyrrole nitrogens is 1. The van der Waals surface area contributed by atoms with Crippen molar-refractivity contribution in [3.05, 3.63) is 58.9 Å². The van der Waals surface area contributed by atoms with Crippen molar-refractivity contribution in [2.75, 3.05) is 7.11 Å². The normalized spacial score (nSPS) is 10.7. The standard InChI is InChI=1S/C21H19FN2O2/c1-13-10-15(7-8-18(13)22)21-16(4-3-5-20(25)26-2)17-11-14(12-23)6-9-19(17)24-21/h6-11,24H,3-5H2,1-2H3. The number of halogens is 1. The Hall–Kier alpha value is -3.13. The fourth-order valence-electron chi connectivity index (χ4n) is 3.14. The zero-order chi connectivity index (χ0) is 18.7. The van der Waals surface area contributed by atoms with E-state index in [2.05, 4.69) is 11.1 Å². The first-order valence-electron chi connectivity index (χ1n) is 8.41. The van der Waals surface area contributed by atoms with Crippen LogP contribution in [-0.2, 0) is 16.0 Å². The molecule has 0 unspecified atom stereocenters. The quantitative estimate of drug-likeness (QED) is 0.681. The molecule has 0 fully saturated rings. The maximum absolute atomic E-state index is 13.7. The van der Waals surface area contributed by atoms with Gasteiger partial charge in [0.1, 0.15) is 5.82 Å². The SMILES string of the molecule is COC(=O)CCCc1c(-c2ccc(F)c(C)c2)[nH]c2ccc(C#N)cc12. The number of rotatable bonds is 5. The lowest BCUT2D eigenvalue weighted by atomic mass is 9.98. The summed E-state index contributed by atoms with van der Waals surface area (Å²) >= 11 is 0. The highest BCUT2D eigenvalue weighted by atomic mass is 19.1. The molecule has 5 heteroatoms. The summed E-state index contributed by atoms with van der Waals surface area (Å²) in [5, 5.41) is 10.1. The van der Waals surface area contributed by atoms with E-state index in [-0.39, 0.29) is 11.8 Å². The van der Waals surface area contributed by atoms with Gasteiger partial charge in [-0.15, -0.1) is 0 Å². The molecule has 0 amide bonds. The number of ether oxygens (including phenoxy) is 1. The third-order valence-corrected chi connectivity index (χ3v) is 4.52. The minimum Gasteiger partial charge on any atom is -0.469 e. The van der Waals surface area contributed by atoms with Crippen molar-refractivity contribution in [3.63, 3.8) is 0 Å². The van der Waals surface area contributed by atoms with Crippen LogP contribution in [0.25, 0.3) is 22.2 Å². The number of fused-ring (bicyclic) bond motifs is 1. The van der Waals surface area contributed by atoms with E-state index >= 15 is 0 Å². The molecule has 1 heterocycles. The van der Waals surface area contributed by atoms with Crippen molar-refractivity contribution in [1.82, 2.24) is 4.98 Å². The molecule has 0 aliphatic rings. The van der Waals surface area contributed by atoms with Gasteiger partial charge < -0.3 is 9.72 Å². The third-order valence-electron chi connectivity index (χ3n) is 4.52. The number of methoxy groups -OCH3 is 1. The van der Waals surface area contributed by atoms with Gasteiger partial charge in [-0.2, -0.15) is 5.26 Å². The van der Waals surface area contributed by atoms with E-state index in [1.165, 1.54) is 13.2 Å². The molecule has 0 saturated heterocycles. The summed E-state index contributed by atoms with van der Waals surface area (Å²) in [6, 6.07) is 12.6. The van der Waals surface area contributed by atoms with Crippen LogP contribution in [0.15, 0.2) is 36.4 Å². The molecule has 0 radical (unpaired) electrons. The van der Waals surface area contributed by atoms with Crippen molar-refractivity contribution in [3.8, 4) is 17.3 Å². The molecule has 0 atom stereocenters. The Labute approximate surface area is 151 Å². The van der Waals surface area contributed by atoms with E-state index in [0.717, 1.165) is 27.7 Å². The Morgan fingerprint density at radius 3 is 2.77 bits per heavy atom. The van der Waals surface area contributed by atoms with E-state index in [1.54, 1.807) is 25.1 Å². The Bertz CT molecular complexity index is 1010. The van der Waals surface area contributed by atoms with Gasteiger partial charge in [-0.3, -0.25) is 4.79 Å². The summed E-state index contributed by atoms with van der Waals surface area (Å²) in [7, 11) is 1.37. The molecule has 1 N–H and O–H groups in total. The molecule has 4 nitrogen and oxygen atoms in total. The fraction of sp³-hybridized carbons (Fsp3) is 0.238. The van der Waals surface area contributed by atoms with Crippen LogP contribution in [0.3, 0.4) is 0 Å².